The van der Waals surface area contributed by atoms with Gasteiger partial charge in [0.05, 0.1) is 20.3 Å². The lowest BCUT2D eigenvalue weighted by Gasteiger charge is -2.35. The number of para-hydroxylation sites is 1. The maximum atomic E-state index is 13.4. The van der Waals surface area contributed by atoms with Gasteiger partial charge >= 0.3 is 0 Å². The van der Waals surface area contributed by atoms with Crippen LogP contribution in [-0.2, 0) is 13.1 Å². The molecule has 1 aromatic heterocycles. The van der Waals surface area contributed by atoms with Crippen LogP contribution in [0.3, 0.4) is 0 Å². The first-order valence-electron chi connectivity index (χ1n) is 13.1. The Labute approximate surface area is 222 Å². The van der Waals surface area contributed by atoms with Gasteiger partial charge in [0.2, 0.25) is 0 Å². The average Bonchev–Trinajstić information content (AvgIpc) is 3.59. The highest BCUT2D eigenvalue weighted by Crippen LogP contribution is 2.48. The van der Waals surface area contributed by atoms with Crippen LogP contribution in [0.25, 0.3) is 0 Å². The second-order valence-corrected chi connectivity index (χ2v) is 11.1. The van der Waals surface area contributed by atoms with E-state index in [1.54, 1.807) is 7.11 Å². The van der Waals surface area contributed by atoms with Gasteiger partial charge in [-0.1, -0.05) is 23.7 Å². The molecule has 6 rings (SSSR count). The van der Waals surface area contributed by atoms with E-state index in [1.165, 1.54) is 5.56 Å². The first-order valence-corrected chi connectivity index (χ1v) is 13.5. The molecule has 1 aliphatic carbocycles. The van der Waals surface area contributed by atoms with Gasteiger partial charge in [0, 0.05) is 40.5 Å². The van der Waals surface area contributed by atoms with Gasteiger partial charge in [-0.25, -0.2) is 4.98 Å². The third-order valence-corrected chi connectivity index (χ3v) is 8.38. The molecule has 1 saturated heterocycles. The molecule has 3 aromatic rings. The summed E-state index contributed by atoms with van der Waals surface area (Å²) in [6.45, 7) is 3.67. The number of aromatic nitrogens is 2. The van der Waals surface area contributed by atoms with Crippen LogP contribution in [0.4, 0.5) is 4.39 Å². The summed E-state index contributed by atoms with van der Waals surface area (Å²) in [7, 11) is 1.64. The number of benzene rings is 2. The topological polar surface area (TPSA) is 48.8 Å². The van der Waals surface area contributed by atoms with Gasteiger partial charge in [0.1, 0.15) is 18.2 Å². The maximum absolute atomic E-state index is 13.4. The molecular formula is C29H33ClFN3O3. The number of halogens is 2. The zero-order chi connectivity index (χ0) is 25.4. The molecule has 0 bridgehead atoms. The van der Waals surface area contributed by atoms with Gasteiger partial charge in [0.15, 0.2) is 17.6 Å². The number of alkyl halides is 1. The molecule has 2 aliphatic heterocycles. The lowest BCUT2D eigenvalue weighted by Crippen LogP contribution is -2.34. The fraction of sp³-hybridized carbons (Fsp3) is 0.483. The van der Waals surface area contributed by atoms with Gasteiger partial charge in [0.25, 0.3) is 0 Å². The highest BCUT2D eigenvalue weighted by atomic mass is 35.5. The van der Waals surface area contributed by atoms with Crippen molar-refractivity contribution in [3.8, 4) is 17.2 Å². The predicted octanol–water partition coefficient (Wildman–Crippen LogP) is 6.19. The standard InChI is InChI=1S/C29H33ClFN3O3/c1-35-25-15-21(30)5-6-23(25)26-17-36-24-4-2-3-22(28(24)37-26)20-7-12-33(13-8-20)16-27-32-11-14-34(27)19-29(18-31)9-10-29/h2-6,11,14-15,20,26H,7-10,12-13,16-19H2,1H3/t26-/m1/s1. The molecule has 2 fully saturated rings. The third kappa shape index (κ3) is 5.04. The summed E-state index contributed by atoms with van der Waals surface area (Å²) >= 11 is 6.17. The average molecular weight is 526 g/mol. The van der Waals surface area contributed by atoms with Crippen molar-refractivity contribution in [1.82, 2.24) is 14.5 Å². The Kier molecular flexibility index (Phi) is 6.76. The quantitative estimate of drug-likeness (QED) is 0.351. The Morgan fingerprint density at radius 1 is 1.16 bits per heavy atom. The molecule has 8 heteroatoms. The Balaban J connectivity index is 1.13. The summed E-state index contributed by atoms with van der Waals surface area (Å²) in [6, 6.07) is 11.8. The van der Waals surface area contributed by atoms with E-state index in [9.17, 15) is 4.39 Å². The number of methoxy groups -OCH3 is 1. The smallest absolute Gasteiger partial charge is 0.165 e. The fourth-order valence-corrected chi connectivity index (χ4v) is 5.81. The van der Waals surface area contributed by atoms with Crippen LogP contribution in [0.2, 0.25) is 5.02 Å². The van der Waals surface area contributed by atoms with E-state index in [0.29, 0.717) is 23.3 Å². The van der Waals surface area contributed by atoms with E-state index in [1.807, 2.05) is 36.7 Å². The van der Waals surface area contributed by atoms with Crippen molar-refractivity contribution in [2.45, 2.75) is 50.8 Å². The summed E-state index contributed by atoms with van der Waals surface area (Å²) in [6.07, 6.45) is 7.59. The second kappa shape index (κ2) is 10.2. The minimum atomic E-state index is -0.265. The third-order valence-electron chi connectivity index (χ3n) is 8.14. The van der Waals surface area contributed by atoms with Crippen molar-refractivity contribution in [3.05, 3.63) is 70.8 Å². The van der Waals surface area contributed by atoms with Crippen LogP contribution in [0.1, 0.15) is 54.7 Å². The van der Waals surface area contributed by atoms with Crippen LogP contribution < -0.4 is 14.2 Å². The van der Waals surface area contributed by atoms with E-state index < -0.39 is 0 Å². The van der Waals surface area contributed by atoms with Crippen molar-refractivity contribution in [3.63, 3.8) is 0 Å². The molecule has 0 unspecified atom stereocenters. The van der Waals surface area contributed by atoms with Crippen molar-refractivity contribution < 1.29 is 18.6 Å². The zero-order valence-electron chi connectivity index (χ0n) is 21.2. The highest BCUT2D eigenvalue weighted by molar-refractivity contribution is 6.30. The van der Waals surface area contributed by atoms with Gasteiger partial charge in [-0.3, -0.25) is 9.29 Å². The SMILES string of the molecule is COc1cc(Cl)ccc1[C@H]1COc2cccc(C3CCN(Cc4nccn4CC4(CF)CC4)CC3)c2O1. The van der Waals surface area contributed by atoms with Crippen LogP contribution in [0, 0.1) is 5.41 Å². The molecule has 3 aliphatic rings. The van der Waals surface area contributed by atoms with Gasteiger partial charge in [-0.15, -0.1) is 0 Å². The normalized spacial score (nSPS) is 21.1. The molecule has 3 heterocycles. The van der Waals surface area contributed by atoms with Crippen LogP contribution in [0.5, 0.6) is 17.2 Å². The van der Waals surface area contributed by atoms with Crippen LogP contribution in [-0.4, -0.2) is 47.9 Å². The fourth-order valence-electron chi connectivity index (χ4n) is 5.65. The molecule has 2 aromatic carbocycles. The largest absolute Gasteiger partial charge is 0.496 e. The van der Waals surface area contributed by atoms with Crippen molar-refractivity contribution in [2.24, 2.45) is 5.41 Å². The van der Waals surface area contributed by atoms with Crippen molar-refractivity contribution >= 4 is 11.6 Å². The number of likely N-dealkylation sites (tertiary alicyclic amines) is 1. The van der Waals surface area contributed by atoms with E-state index in [0.717, 1.165) is 74.7 Å². The molecule has 0 spiro atoms. The summed E-state index contributed by atoms with van der Waals surface area (Å²) in [4.78, 5) is 7.05. The van der Waals surface area contributed by atoms with Crippen molar-refractivity contribution in [2.75, 3.05) is 33.5 Å². The van der Waals surface area contributed by atoms with Gasteiger partial charge in [-0.05, 0) is 69.0 Å². The van der Waals surface area contributed by atoms with E-state index in [-0.39, 0.29) is 18.2 Å². The number of imidazole rings is 1. The molecule has 0 N–H and O–H groups in total. The van der Waals surface area contributed by atoms with Crippen molar-refractivity contribution in [1.29, 1.82) is 0 Å². The predicted molar refractivity (Wildman–Crippen MR) is 140 cm³/mol. The molecule has 1 saturated carbocycles. The number of fused-ring (bicyclic) bond motifs is 1. The minimum Gasteiger partial charge on any atom is -0.496 e. The zero-order valence-corrected chi connectivity index (χ0v) is 21.9. The summed E-state index contributed by atoms with van der Waals surface area (Å²) in [5, 5.41) is 0.627. The first-order chi connectivity index (χ1) is 18.1. The number of hydrogen-bond donors (Lipinski definition) is 0. The van der Waals surface area contributed by atoms with E-state index in [4.69, 9.17) is 25.8 Å². The van der Waals surface area contributed by atoms with E-state index in [2.05, 4.69) is 26.6 Å². The number of ether oxygens (including phenoxy) is 3. The summed E-state index contributed by atoms with van der Waals surface area (Å²) in [5.74, 6) is 3.76. The number of rotatable bonds is 8. The lowest BCUT2D eigenvalue weighted by molar-refractivity contribution is 0.0863. The first kappa shape index (κ1) is 24.6. The van der Waals surface area contributed by atoms with Gasteiger partial charge < -0.3 is 18.8 Å². The molecular weight excluding hydrogens is 493 g/mol. The molecule has 37 heavy (non-hydrogen) atoms. The second-order valence-electron chi connectivity index (χ2n) is 10.6. The highest BCUT2D eigenvalue weighted by Gasteiger charge is 2.43. The maximum Gasteiger partial charge on any atom is 0.165 e. The molecule has 0 radical (unpaired) electrons. The summed E-state index contributed by atoms with van der Waals surface area (Å²) < 4.78 is 33.9. The lowest BCUT2D eigenvalue weighted by atomic mass is 9.88. The number of nitrogens with zero attached hydrogens (tertiary/aromatic N) is 3. The Morgan fingerprint density at radius 2 is 2.00 bits per heavy atom. The van der Waals surface area contributed by atoms with Gasteiger partial charge in [-0.2, -0.15) is 0 Å². The van der Waals surface area contributed by atoms with Crippen LogP contribution >= 0.6 is 11.6 Å². The Hall–Kier alpha value is -2.77. The summed E-state index contributed by atoms with van der Waals surface area (Å²) in [5.41, 5.74) is 1.98. The molecule has 1 atom stereocenters. The number of hydrogen-bond acceptors (Lipinski definition) is 5. The van der Waals surface area contributed by atoms with E-state index >= 15 is 0 Å². The monoisotopic (exact) mass is 525 g/mol. The Morgan fingerprint density at radius 3 is 2.76 bits per heavy atom. The molecule has 0 amide bonds. The molecule has 6 nitrogen and oxygen atoms in total. The minimum absolute atomic E-state index is 0.148. The van der Waals surface area contributed by atoms with Crippen LogP contribution in [0.15, 0.2) is 48.8 Å². The Bertz CT molecular complexity index is 1250. The molecule has 196 valence electrons. The number of piperidine rings is 1.